The number of carbonyl (C=O) groups excluding carboxylic acids is 1. The van der Waals surface area contributed by atoms with E-state index in [1.54, 1.807) is 13.0 Å². The average molecular weight is 366 g/mol. The van der Waals surface area contributed by atoms with Crippen LogP contribution in [0.3, 0.4) is 0 Å². The van der Waals surface area contributed by atoms with Crippen LogP contribution in [0, 0.1) is 0 Å². The maximum atomic E-state index is 12.2. The van der Waals surface area contributed by atoms with Crippen LogP contribution in [0.2, 0.25) is 5.02 Å². The number of hydrogen-bond acceptors (Lipinski definition) is 4. The van der Waals surface area contributed by atoms with Crippen LogP contribution < -0.4 is 0 Å². The van der Waals surface area contributed by atoms with Crippen molar-refractivity contribution >= 4 is 28.5 Å². The Hall–Kier alpha value is -1.56. The zero-order chi connectivity index (χ0) is 17.8. The molecule has 0 spiro atoms. The number of aryl methyl sites for hydroxylation is 1. The quantitative estimate of drug-likeness (QED) is 0.723. The van der Waals surface area contributed by atoms with Gasteiger partial charge in [0, 0.05) is 24.1 Å². The largest absolute Gasteiger partial charge is 0.461 e. The summed E-state index contributed by atoms with van der Waals surface area (Å²) in [6, 6.07) is 5.65. The number of hydrogen-bond donors (Lipinski definition) is 0. The SMILES string of the molecule is CCOC(=O)c1cc2c(Cl)ccc(CCOC3CCCCO3)c2n1C. The van der Waals surface area contributed by atoms with E-state index in [1.807, 2.05) is 23.7 Å². The summed E-state index contributed by atoms with van der Waals surface area (Å²) in [5.74, 6) is -0.338. The topological polar surface area (TPSA) is 49.7 Å². The Balaban J connectivity index is 1.80. The van der Waals surface area contributed by atoms with Crippen LogP contribution in [0.25, 0.3) is 10.9 Å². The lowest BCUT2D eigenvalue weighted by molar-refractivity contribution is -0.161. The Morgan fingerprint density at radius 3 is 2.96 bits per heavy atom. The number of rotatable bonds is 6. The molecular weight excluding hydrogens is 342 g/mol. The number of fused-ring (bicyclic) bond motifs is 1. The molecule has 3 rings (SSSR count). The highest BCUT2D eigenvalue weighted by Gasteiger charge is 2.19. The number of halogens is 1. The number of ether oxygens (including phenoxy) is 3. The molecule has 1 aliphatic rings. The Morgan fingerprint density at radius 1 is 1.40 bits per heavy atom. The van der Waals surface area contributed by atoms with E-state index in [0.717, 1.165) is 48.8 Å². The van der Waals surface area contributed by atoms with Crippen molar-refractivity contribution in [1.82, 2.24) is 4.57 Å². The van der Waals surface area contributed by atoms with Crippen molar-refractivity contribution < 1.29 is 19.0 Å². The summed E-state index contributed by atoms with van der Waals surface area (Å²) < 4.78 is 18.4. The number of benzene rings is 1. The average Bonchev–Trinajstić information content (AvgIpc) is 2.97. The van der Waals surface area contributed by atoms with Crippen molar-refractivity contribution in [1.29, 1.82) is 0 Å². The van der Waals surface area contributed by atoms with Crippen molar-refractivity contribution in [3.63, 3.8) is 0 Å². The molecule has 0 amide bonds. The minimum atomic E-state index is -0.338. The molecule has 0 N–H and O–H groups in total. The first-order valence-electron chi connectivity index (χ1n) is 8.79. The molecule has 2 heterocycles. The Labute approximate surface area is 152 Å². The summed E-state index contributed by atoms with van der Waals surface area (Å²) in [6.45, 7) is 3.48. The van der Waals surface area contributed by atoms with Crippen molar-refractivity contribution in [3.05, 3.63) is 34.5 Å². The summed E-state index contributed by atoms with van der Waals surface area (Å²) in [6.07, 6.45) is 3.84. The van der Waals surface area contributed by atoms with Crippen LogP contribution in [0.4, 0.5) is 0 Å². The molecule has 6 heteroatoms. The third kappa shape index (κ3) is 4.00. The van der Waals surface area contributed by atoms with Gasteiger partial charge in [-0.05, 0) is 50.3 Å². The molecule has 1 fully saturated rings. The van der Waals surface area contributed by atoms with Crippen molar-refractivity contribution in [2.24, 2.45) is 7.05 Å². The van der Waals surface area contributed by atoms with E-state index in [-0.39, 0.29) is 12.3 Å². The summed E-state index contributed by atoms with van der Waals surface area (Å²) >= 11 is 6.34. The van der Waals surface area contributed by atoms with Gasteiger partial charge < -0.3 is 18.8 Å². The van der Waals surface area contributed by atoms with E-state index >= 15 is 0 Å². The van der Waals surface area contributed by atoms with Crippen LogP contribution in [-0.4, -0.2) is 36.6 Å². The predicted octanol–water partition coefficient (Wildman–Crippen LogP) is 4.09. The third-order valence-electron chi connectivity index (χ3n) is 4.52. The molecule has 2 aromatic rings. The minimum absolute atomic E-state index is 0.0972. The first kappa shape index (κ1) is 18.2. The molecule has 1 unspecified atom stereocenters. The molecule has 0 saturated carbocycles. The van der Waals surface area contributed by atoms with Gasteiger partial charge in [0.2, 0.25) is 0 Å². The van der Waals surface area contributed by atoms with Gasteiger partial charge in [0.1, 0.15) is 5.69 Å². The van der Waals surface area contributed by atoms with Crippen LogP contribution >= 0.6 is 11.6 Å². The van der Waals surface area contributed by atoms with E-state index in [0.29, 0.717) is 23.9 Å². The minimum Gasteiger partial charge on any atom is -0.461 e. The van der Waals surface area contributed by atoms with Gasteiger partial charge in [0.25, 0.3) is 0 Å². The smallest absolute Gasteiger partial charge is 0.354 e. The van der Waals surface area contributed by atoms with Crippen LogP contribution in [-0.2, 0) is 27.7 Å². The number of carbonyl (C=O) groups is 1. The molecule has 1 aromatic heterocycles. The normalized spacial score (nSPS) is 17.8. The Bertz CT molecular complexity index is 749. The molecular formula is C19H24ClNO4. The Kier molecular flexibility index (Phi) is 5.99. The van der Waals surface area contributed by atoms with E-state index in [9.17, 15) is 4.79 Å². The van der Waals surface area contributed by atoms with Crippen LogP contribution in [0.15, 0.2) is 18.2 Å². The highest BCUT2D eigenvalue weighted by atomic mass is 35.5. The van der Waals surface area contributed by atoms with Gasteiger partial charge in [-0.3, -0.25) is 0 Å². The second-order valence-corrected chi connectivity index (χ2v) is 6.60. The first-order chi connectivity index (χ1) is 12.1. The molecule has 0 aliphatic carbocycles. The van der Waals surface area contributed by atoms with E-state index in [2.05, 4.69) is 0 Å². The summed E-state index contributed by atoms with van der Waals surface area (Å²) in [7, 11) is 1.86. The lowest BCUT2D eigenvalue weighted by Crippen LogP contribution is -2.23. The van der Waals surface area contributed by atoms with Crippen LogP contribution in [0.5, 0.6) is 0 Å². The fourth-order valence-electron chi connectivity index (χ4n) is 3.26. The summed E-state index contributed by atoms with van der Waals surface area (Å²) in [4.78, 5) is 12.2. The van der Waals surface area contributed by atoms with E-state index < -0.39 is 0 Å². The number of nitrogens with zero attached hydrogens (tertiary/aromatic N) is 1. The molecule has 1 atom stereocenters. The highest BCUT2D eigenvalue weighted by Crippen LogP contribution is 2.30. The van der Waals surface area contributed by atoms with Gasteiger partial charge in [-0.2, -0.15) is 0 Å². The van der Waals surface area contributed by atoms with Crippen molar-refractivity contribution in [2.45, 2.75) is 38.9 Å². The monoisotopic (exact) mass is 365 g/mol. The van der Waals surface area contributed by atoms with Gasteiger partial charge in [-0.1, -0.05) is 17.7 Å². The fourth-order valence-corrected chi connectivity index (χ4v) is 3.47. The van der Waals surface area contributed by atoms with Crippen molar-refractivity contribution in [3.8, 4) is 0 Å². The van der Waals surface area contributed by atoms with Gasteiger partial charge in [-0.25, -0.2) is 4.79 Å². The number of aromatic nitrogens is 1. The van der Waals surface area contributed by atoms with E-state index in [1.165, 1.54) is 0 Å². The summed E-state index contributed by atoms with van der Waals surface area (Å²) in [5, 5.41) is 1.49. The lowest BCUT2D eigenvalue weighted by atomic mass is 10.1. The molecule has 136 valence electrons. The highest BCUT2D eigenvalue weighted by molar-refractivity contribution is 6.35. The molecule has 1 saturated heterocycles. The standard InChI is InChI=1S/C19H24ClNO4/c1-3-23-19(22)16-12-14-15(20)8-7-13(18(14)21(16)2)9-11-25-17-6-4-5-10-24-17/h7-8,12,17H,3-6,9-11H2,1-2H3. The zero-order valence-corrected chi connectivity index (χ0v) is 15.5. The number of esters is 1. The van der Waals surface area contributed by atoms with Gasteiger partial charge in [-0.15, -0.1) is 0 Å². The van der Waals surface area contributed by atoms with Gasteiger partial charge in [0.15, 0.2) is 6.29 Å². The first-order valence-corrected chi connectivity index (χ1v) is 9.16. The lowest BCUT2D eigenvalue weighted by Gasteiger charge is -2.22. The van der Waals surface area contributed by atoms with Crippen LogP contribution in [0.1, 0.15) is 42.2 Å². The molecule has 1 aromatic carbocycles. The van der Waals surface area contributed by atoms with Crippen molar-refractivity contribution in [2.75, 3.05) is 19.8 Å². The maximum absolute atomic E-state index is 12.2. The van der Waals surface area contributed by atoms with Gasteiger partial charge >= 0.3 is 5.97 Å². The second-order valence-electron chi connectivity index (χ2n) is 6.19. The zero-order valence-electron chi connectivity index (χ0n) is 14.7. The Morgan fingerprint density at radius 2 is 2.24 bits per heavy atom. The van der Waals surface area contributed by atoms with E-state index in [4.69, 9.17) is 25.8 Å². The molecule has 0 radical (unpaired) electrons. The summed E-state index contributed by atoms with van der Waals surface area (Å²) in [5.41, 5.74) is 2.54. The maximum Gasteiger partial charge on any atom is 0.354 e. The predicted molar refractivity (Wildman–Crippen MR) is 97.1 cm³/mol. The molecule has 0 bridgehead atoms. The molecule has 25 heavy (non-hydrogen) atoms. The third-order valence-corrected chi connectivity index (χ3v) is 4.85. The fraction of sp³-hybridized carbons (Fsp3) is 0.526. The molecule has 1 aliphatic heterocycles. The second kappa shape index (κ2) is 8.21. The van der Waals surface area contributed by atoms with Gasteiger partial charge in [0.05, 0.1) is 18.7 Å². The molecule has 5 nitrogen and oxygen atoms in total.